The van der Waals surface area contributed by atoms with Crippen molar-refractivity contribution >= 4 is 0 Å². The molecule has 1 fully saturated rings. The van der Waals surface area contributed by atoms with E-state index in [1.165, 1.54) is 31.2 Å². The normalized spacial score (nSPS) is 28.6. The number of nitrogens with two attached hydrogens (primary N) is 1. The van der Waals surface area contributed by atoms with Gasteiger partial charge in [0.1, 0.15) is 0 Å². The van der Waals surface area contributed by atoms with E-state index < -0.39 is 0 Å². The van der Waals surface area contributed by atoms with E-state index in [0.717, 1.165) is 13.1 Å². The van der Waals surface area contributed by atoms with Crippen LogP contribution in [0.25, 0.3) is 0 Å². The zero-order valence-electron chi connectivity index (χ0n) is 11.7. The van der Waals surface area contributed by atoms with Gasteiger partial charge in [0.25, 0.3) is 0 Å². The maximum absolute atomic E-state index is 6.14. The summed E-state index contributed by atoms with van der Waals surface area (Å²) in [6.07, 6.45) is 5.24. The Kier molecular flexibility index (Phi) is 4.41. The Labute approximate surface area is 111 Å². The Hall–Kier alpha value is -0.860. The predicted octanol–water partition coefficient (Wildman–Crippen LogP) is 3.03. The molecule has 0 bridgehead atoms. The topological polar surface area (TPSA) is 29.3 Å². The first-order valence-corrected chi connectivity index (χ1v) is 7.14. The van der Waals surface area contributed by atoms with E-state index in [2.05, 4.69) is 49.2 Å². The van der Waals surface area contributed by atoms with Gasteiger partial charge in [-0.25, -0.2) is 0 Å². The first kappa shape index (κ1) is 13.6. The fourth-order valence-electron chi connectivity index (χ4n) is 3.44. The number of likely N-dealkylation sites (N-methyl/N-ethyl adjacent to an activating group) is 1. The van der Waals surface area contributed by atoms with Crippen molar-refractivity contribution in [2.45, 2.75) is 44.7 Å². The van der Waals surface area contributed by atoms with E-state index in [4.69, 9.17) is 5.73 Å². The standard InChI is InChI=1S/C16H26N2/c1-14-8-6-7-11-16(14,13-17)18(2)12-15-9-4-3-5-10-15/h3-5,9-10,14H,6-8,11-13,17H2,1-2H3. The molecule has 0 aliphatic heterocycles. The molecular weight excluding hydrogens is 220 g/mol. The second-order valence-corrected chi connectivity index (χ2v) is 5.80. The minimum atomic E-state index is 0.202. The monoisotopic (exact) mass is 246 g/mol. The number of nitrogens with zero attached hydrogens (tertiary/aromatic N) is 1. The first-order chi connectivity index (χ1) is 8.69. The number of hydrogen-bond donors (Lipinski definition) is 1. The lowest BCUT2D eigenvalue weighted by atomic mass is 9.72. The second-order valence-electron chi connectivity index (χ2n) is 5.80. The highest BCUT2D eigenvalue weighted by Gasteiger charge is 2.40. The van der Waals surface area contributed by atoms with Gasteiger partial charge in [-0.2, -0.15) is 0 Å². The molecule has 0 radical (unpaired) electrons. The van der Waals surface area contributed by atoms with Crippen LogP contribution in [-0.4, -0.2) is 24.0 Å². The van der Waals surface area contributed by atoms with Crippen molar-refractivity contribution in [1.29, 1.82) is 0 Å². The van der Waals surface area contributed by atoms with Crippen molar-refractivity contribution in [3.63, 3.8) is 0 Å². The molecule has 1 aromatic carbocycles. The molecule has 2 nitrogen and oxygen atoms in total. The molecule has 100 valence electrons. The fraction of sp³-hybridized carbons (Fsp3) is 0.625. The van der Waals surface area contributed by atoms with E-state index in [-0.39, 0.29) is 5.54 Å². The molecular formula is C16H26N2. The van der Waals surface area contributed by atoms with E-state index in [1.54, 1.807) is 0 Å². The summed E-state index contributed by atoms with van der Waals surface area (Å²) in [7, 11) is 2.24. The van der Waals surface area contributed by atoms with Gasteiger partial charge in [-0.1, -0.05) is 50.1 Å². The molecule has 0 saturated heterocycles. The maximum Gasteiger partial charge on any atom is 0.0357 e. The van der Waals surface area contributed by atoms with Crippen molar-refractivity contribution in [1.82, 2.24) is 4.90 Å². The quantitative estimate of drug-likeness (QED) is 0.885. The van der Waals surface area contributed by atoms with Crippen LogP contribution in [0.1, 0.15) is 38.2 Å². The highest BCUT2D eigenvalue weighted by molar-refractivity contribution is 5.15. The van der Waals surface area contributed by atoms with E-state index in [9.17, 15) is 0 Å². The molecule has 0 heterocycles. The van der Waals surface area contributed by atoms with Gasteiger partial charge in [-0.15, -0.1) is 0 Å². The number of benzene rings is 1. The minimum absolute atomic E-state index is 0.202. The lowest BCUT2D eigenvalue weighted by Gasteiger charge is -2.48. The zero-order chi connectivity index (χ0) is 13.0. The van der Waals surface area contributed by atoms with Gasteiger partial charge in [0.15, 0.2) is 0 Å². The average Bonchev–Trinajstić information content (AvgIpc) is 2.40. The van der Waals surface area contributed by atoms with Crippen LogP contribution in [0, 0.1) is 5.92 Å². The van der Waals surface area contributed by atoms with Crippen molar-refractivity contribution in [2.24, 2.45) is 11.7 Å². The molecule has 2 unspecified atom stereocenters. The Morgan fingerprint density at radius 2 is 2.00 bits per heavy atom. The number of rotatable bonds is 4. The SMILES string of the molecule is CC1CCCCC1(CN)N(C)Cc1ccccc1. The van der Waals surface area contributed by atoms with Crippen LogP contribution >= 0.6 is 0 Å². The molecule has 1 saturated carbocycles. The van der Waals surface area contributed by atoms with Gasteiger partial charge < -0.3 is 5.73 Å². The minimum Gasteiger partial charge on any atom is -0.329 e. The maximum atomic E-state index is 6.14. The van der Waals surface area contributed by atoms with Gasteiger partial charge in [0.2, 0.25) is 0 Å². The van der Waals surface area contributed by atoms with Gasteiger partial charge in [-0.05, 0) is 31.4 Å². The van der Waals surface area contributed by atoms with Crippen LogP contribution in [0.5, 0.6) is 0 Å². The third kappa shape index (κ3) is 2.60. The van der Waals surface area contributed by atoms with Gasteiger partial charge in [0, 0.05) is 18.6 Å². The average molecular weight is 246 g/mol. The highest BCUT2D eigenvalue weighted by atomic mass is 15.2. The third-order valence-corrected chi connectivity index (χ3v) is 4.79. The lowest BCUT2D eigenvalue weighted by Crippen LogP contribution is -2.57. The van der Waals surface area contributed by atoms with Crippen LogP contribution < -0.4 is 5.73 Å². The molecule has 2 heteroatoms. The van der Waals surface area contributed by atoms with Crippen molar-refractivity contribution in [3.8, 4) is 0 Å². The first-order valence-electron chi connectivity index (χ1n) is 7.14. The summed E-state index contributed by atoms with van der Waals surface area (Å²) in [6, 6.07) is 10.7. The summed E-state index contributed by atoms with van der Waals surface area (Å²) in [5, 5.41) is 0. The Morgan fingerprint density at radius 3 is 2.61 bits per heavy atom. The van der Waals surface area contributed by atoms with E-state index in [0.29, 0.717) is 5.92 Å². The molecule has 18 heavy (non-hydrogen) atoms. The Balaban J connectivity index is 2.12. The van der Waals surface area contributed by atoms with Crippen molar-refractivity contribution in [2.75, 3.05) is 13.6 Å². The largest absolute Gasteiger partial charge is 0.329 e. The van der Waals surface area contributed by atoms with Crippen molar-refractivity contribution < 1.29 is 0 Å². The predicted molar refractivity (Wildman–Crippen MR) is 77.3 cm³/mol. The molecule has 1 aliphatic carbocycles. The third-order valence-electron chi connectivity index (χ3n) is 4.79. The Bertz CT molecular complexity index is 363. The summed E-state index contributed by atoms with van der Waals surface area (Å²) in [6.45, 7) is 4.15. The van der Waals surface area contributed by atoms with Gasteiger partial charge in [0.05, 0.1) is 0 Å². The molecule has 2 atom stereocenters. The molecule has 0 spiro atoms. The van der Waals surface area contributed by atoms with Crippen LogP contribution in [0.4, 0.5) is 0 Å². The van der Waals surface area contributed by atoms with Crippen LogP contribution in [-0.2, 0) is 6.54 Å². The second kappa shape index (κ2) is 5.85. The fourth-order valence-corrected chi connectivity index (χ4v) is 3.44. The van der Waals surface area contributed by atoms with Gasteiger partial charge >= 0.3 is 0 Å². The van der Waals surface area contributed by atoms with Crippen LogP contribution in [0.3, 0.4) is 0 Å². The highest BCUT2D eigenvalue weighted by Crippen LogP contribution is 2.37. The van der Waals surface area contributed by atoms with Crippen LogP contribution in [0.15, 0.2) is 30.3 Å². The summed E-state index contributed by atoms with van der Waals surface area (Å²) in [4.78, 5) is 2.49. The summed E-state index contributed by atoms with van der Waals surface area (Å²) in [5.74, 6) is 0.699. The van der Waals surface area contributed by atoms with E-state index >= 15 is 0 Å². The summed E-state index contributed by atoms with van der Waals surface area (Å²) < 4.78 is 0. The summed E-state index contributed by atoms with van der Waals surface area (Å²) in [5.41, 5.74) is 7.72. The molecule has 0 aromatic heterocycles. The summed E-state index contributed by atoms with van der Waals surface area (Å²) >= 11 is 0. The lowest BCUT2D eigenvalue weighted by molar-refractivity contribution is 0.0279. The van der Waals surface area contributed by atoms with Crippen molar-refractivity contribution in [3.05, 3.63) is 35.9 Å². The molecule has 1 aliphatic rings. The van der Waals surface area contributed by atoms with E-state index in [1.807, 2.05) is 0 Å². The molecule has 1 aromatic rings. The molecule has 0 amide bonds. The smallest absolute Gasteiger partial charge is 0.0357 e. The van der Waals surface area contributed by atoms with Gasteiger partial charge in [-0.3, -0.25) is 4.90 Å². The molecule has 2 rings (SSSR count). The zero-order valence-corrected chi connectivity index (χ0v) is 11.7. The number of hydrogen-bond acceptors (Lipinski definition) is 2. The Morgan fingerprint density at radius 1 is 1.28 bits per heavy atom. The molecule has 2 N–H and O–H groups in total. The van der Waals surface area contributed by atoms with Crippen LogP contribution in [0.2, 0.25) is 0 Å².